The van der Waals surface area contributed by atoms with Gasteiger partial charge < -0.3 is 5.11 Å². The molecule has 0 spiro atoms. The van der Waals surface area contributed by atoms with E-state index in [1.54, 1.807) is 36.6 Å². The van der Waals surface area contributed by atoms with Crippen molar-refractivity contribution in [1.29, 1.82) is 0 Å². The van der Waals surface area contributed by atoms with Crippen LogP contribution in [-0.4, -0.2) is 40.9 Å². The lowest BCUT2D eigenvalue weighted by molar-refractivity contribution is -0.253. The fourth-order valence-electron chi connectivity index (χ4n) is 2.18. The van der Waals surface area contributed by atoms with Crippen LogP contribution >= 0.6 is 23.2 Å². The van der Waals surface area contributed by atoms with E-state index in [2.05, 4.69) is 4.99 Å². The average molecular weight is 346 g/mol. The number of nitrogens with zero attached hydrogens (tertiary/aromatic N) is 3. The quantitative estimate of drug-likeness (QED) is 0.857. The Hall–Kier alpha value is -0.850. The Bertz CT molecular complexity index is 552. The fourth-order valence-corrected chi connectivity index (χ4v) is 2.79. The number of hydrogen-bond acceptors (Lipinski definition) is 5. The predicted molar refractivity (Wildman–Crippen MR) is 88.8 cm³/mol. The number of β-amino-alcohol motifs (C(OH)–C–C–N with tert-alkyl or cyclic N) is 1. The monoisotopic (exact) mass is 345 g/mol. The van der Waals surface area contributed by atoms with Crippen molar-refractivity contribution in [2.45, 2.75) is 38.9 Å². The summed E-state index contributed by atoms with van der Waals surface area (Å²) in [7, 11) is 0. The Morgan fingerprint density at radius 1 is 1.45 bits per heavy atom. The van der Waals surface area contributed by atoms with Gasteiger partial charge in [-0.05, 0) is 32.4 Å². The highest BCUT2D eigenvalue weighted by Gasteiger charge is 2.32. The minimum atomic E-state index is -1.16. The van der Waals surface area contributed by atoms with E-state index in [1.807, 2.05) is 18.9 Å². The van der Waals surface area contributed by atoms with Crippen molar-refractivity contribution in [3.8, 4) is 0 Å². The van der Waals surface area contributed by atoms with Crippen molar-refractivity contribution in [3.05, 3.63) is 33.8 Å². The van der Waals surface area contributed by atoms with E-state index in [1.165, 1.54) is 0 Å². The van der Waals surface area contributed by atoms with Gasteiger partial charge in [0, 0.05) is 15.6 Å². The van der Waals surface area contributed by atoms with E-state index >= 15 is 0 Å². The van der Waals surface area contributed by atoms with Crippen molar-refractivity contribution in [1.82, 2.24) is 10.2 Å². The van der Waals surface area contributed by atoms with E-state index in [0.29, 0.717) is 28.8 Å². The Morgan fingerprint density at radius 3 is 2.82 bits per heavy atom. The third kappa shape index (κ3) is 4.12. The van der Waals surface area contributed by atoms with Crippen LogP contribution in [0.5, 0.6) is 0 Å². The summed E-state index contributed by atoms with van der Waals surface area (Å²) < 4.78 is 0. The Balaban J connectivity index is 2.10. The van der Waals surface area contributed by atoms with Gasteiger partial charge in [-0.25, -0.2) is 0 Å². The Kier molecular flexibility index (Phi) is 5.69. The van der Waals surface area contributed by atoms with Gasteiger partial charge in [0.1, 0.15) is 18.6 Å². The molecule has 1 N–H and O–H groups in total. The van der Waals surface area contributed by atoms with Crippen LogP contribution in [0.25, 0.3) is 0 Å². The molecule has 0 radical (unpaired) electrons. The summed E-state index contributed by atoms with van der Waals surface area (Å²) in [6.45, 7) is 6.47. The molecule has 2 atom stereocenters. The van der Waals surface area contributed by atoms with E-state index in [9.17, 15) is 5.11 Å². The lowest BCUT2D eigenvalue weighted by atomic mass is 9.96. The molecule has 0 saturated carbocycles. The second-order valence-corrected chi connectivity index (χ2v) is 6.47. The molecule has 0 aliphatic carbocycles. The molecule has 1 aromatic carbocycles. The molecule has 0 bridgehead atoms. The number of aliphatic hydroxyl groups is 1. The van der Waals surface area contributed by atoms with E-state index in [0.717, 1.165) is 6.42 Å². The van der Waals surface area contributed by atoms with Crippen LogP contribution in [0.3, 0.4) is 0 Å². The normalized spacial score (nSPS) is 19.5. The SMILES string of the molecule is CCC(C)ON1C=NCN1CC(C)(O)c1ccc(Cl)cc1Cl. The first-order valence-corrected chi connectivity index (χ1v) is 7.98. The third-order valence-electron chi connectivity index (χ3n) is 3.57. The molecule has 0 amide bonds. The van der Waals surface area contributed by atoms with Gasteiger partial charge in [0.25, 0.3) is 0 Å². The van der Waals surface area contributed by atoms with Gasteiger partial charge in [0.05, 0.1) is 12.6 Å². The minimum Gasteiger partial charge on any atom is -0.384 e. The van der Waals surface area contributed by atoms with Crippen LogP contribution < -0.4 is 0 Å². The molecule has 1 aromatic rings. The summed E-state index contributed by atoms with van der Waals surface area (Å²) in [6.07, 6.45) is 2.57. The molecule has 5 nitrogen and oxygen atoms in total. The molecule has 2 rings (SSSR count). The van der Waals surface area contributed by atoms with Crippen LogP contribution in [0, 0.1) is 0 Å². The van der Waals surface area contributed by atoms with Crippen molar-refractivity contribution in [2.75, 3.05) is 13.2 Å². The first kappa shape index (κ1) is 17.5. The van der Waals surface area contributed by atoms with Crippen molar-refractivity contribution < 1.29 is 9.94 Å². The largest absolute Gasteiger partial charge is 0.384 e. The summed E-state index contributed by atoms with van der Waals surface area (Å²) in [6, 6.07) is 5.08. The molecule has 22 heavy (non-hydrogen) atoms. The summed E-state index contributed by atoms with van der Waals surface area (Å²) in [5, 5.41) is 15.2. The predicted octanol–water partition coefficient (Wildman–Crippen LogP) is 3.45. The number of hydrogen-bond donors (Lipinski definition) is 1. The van der Waals surface area contributed by atoms with Crippen LogP contribution in [0.15, 0.2) is 23.2 Å². The van der Waals surface area contributed by atoms with Crippen molar-refractivity contribution >= 4 is 29.5 Å². The molecule has 2 unspecified atom stereocenters. The topological polar surface area (TPSA) is 48.3 Å². The molecule has 122 valence electrons. The molecule has 0 saturated heterocycles. The maximum absolute atomic E-state index is 10.8. The van der Waals surface area contributed by atoms with Gasteiger partial charge in [0.2, 0.25) is 0 Å². The lowest BCUT2D eigenvalue weighted by Crippen LogP contribution is -2.46. The van der Waals surface area contributed by atoms with Gasteiger partial charge in [-0.1, -0.05) is 36.2 Å². The number of aliphatic imine (C=N–C) groups is 1. The number of benzene rings is 1. The van der Waals surface area contributed by atoms with Crippen LogP contribution in [0.1, 0.15) is 32.8 Å². The highest BCUT2D eigenvalue weighted by atomic mass is 35.5. The van der Waals surface area contributed by atoms with Crippen LogP contribution in [0.4, 0.5) is 0 Å². The van der Waals surface area contributed by atoms with Gasteiger partial charge in [-0.2, -0.15) is 10.2 Å². The minimum absolute atomic E-state index is 0.0659. The van der Waals surface area contributed by atoms with Crippen molar-refractivity contribution in [3.63, 3.8) is 0 Å². The van der Waals surface area contributed by atoms with E-state index in [-0.39, 0.29) is 6.10 Å². The van der Waals surface area contributed by atoms with Gasteiger partial charge in [-0.3, -0.25) is 9.83 Å². The Labute approximate surface area is 141 Å². The van der Waals surface area contributed by atoms with Gasteiger partial charge in [-0.15, -0.1) is 0 Å². The van der Waals surface area contributed by atoms with E-state index < -0.39 is 5.60 Å². The zero-order valence-corrected chi connectivity index (χ0v) is 14.5. The molecule has 0 fully saturated rings. The number of halogens is 2. The number of hydrazine groups is 1. The average Bonchev–Trinajstić information content (AvgIpc) is 2.84. The molecule has 1 aliphatic heterocycles. The van der Waals surface area contributed by atoms with Crippen molar-refractivity contribution in [2.24, 2.45) is 4.99 Å². The van der Waals surface area contributed by atoms with Gasteiger partial charge >= 0.3 is 0 Å². The Morgan fingerprint density at radius 2 is 2.18 bits per heavy atom. The first-order chi connectivity index (χ1) is 10.3. The summed E-state index contributed by atoms with van der Waals surface area (Å²) in [5.74, 6) is 0. The zero-order valence-electron chi connectivity index (χ0n) is 13.0. The highest BCUT2D eigenvalue weighted by Crippen LogP contribution is 2.31. The molecule has 1 heterocycles. The molecule has 1 aliphatic rings. The third-order valence-corrected chi connectivity index (χ3v) is 4.12. The van der Waals surface area contributed by atoms with Crippen LogP contribution in [-0.2, 0) is 10.4 Å². The van der Waals surface area contributed by atoms with E-state index in [4.69, 9.17) is 28.0 Å². The second kappa shape index (κ2) is 7.15. The summed E-state index contributed by atoms with van der Waals surface area (Å²) >= 11 is 12.1. The molecular weight excluding hydrogens is 325 g/mol. The fraction of sp³-hybridized carbons (Fsp3) is 0.533. The number of rotatable bonds is 6. The smallest absolute Gasteiger partial charge is 0.131 e. The standard InChI is InChI=1S/C15H21Cl2N3O2/c1-4-11(2)22-20-10-18-9-19(20)8-15(3,21)13-6-5-12(16)7-14(13)17/h5-7,10-11,21H,4,8-9H2,1-3H3. The summed E-state index contributed by atoms with van der Waals surface area (Å²) in [5.41, 5.74) is -0.541. The summed E-state index contributed by atoms with van der Waals surface area (Å²) in [4.78, 5) is 9.93. The highest BCUT2D eigenvalue weighted by molar-refractivity contribution is 6.35. The maximum Gasteiger partial charge on any atom is 0.131 e. The number of hydroxylamine groups is 1. The maximum atomic E-state index is 10.8. The first-order valence-electron chi connectivity index (χ1n) is 7.22. The zero-order chi connectivity index (χ0) is 16.3. The molecule has 7 heteroatoms. The van der Waals surface area contributed by atoms with Gasteiger partial charge in [0.15, 0.2) is 0 Å². The molecular formula is C15H21Cl2N3O2. The lowest BCUT2D eigenvalue weighted by Gasteiger charge is -2.34. The molecule has 0 aromatic heterocycles. The second-order valence-electron chi connectivity index (χ2n) is 5.63. The van der Waals surface area contributed by atoms with Crippen LogP contribution in [0.2, 0.25) is 10.0 Å².